The molecule has 0 aromatic heterocycles. The fourth-order valence-electron chi connectivity index (χ4n) is 2.52. The minimum atomic E-state index is -0.504. The lowest BCUT2D eigenvalue weighted by molar-refractivity contribution is -0.0232. The molecule has 5 heteroatoms. The number of carbonyl (C=O) groups excluding carboxylic acids is 1. The van der Waals surface area contributed by atoms with Crippen molar-refractivity contribution < 1.29 is 14.6 Å². The number of nitrogens with two attached hydrogens (primary N) is 1. The van der Waals surface area contributed by atoms with Gasteiger partial charge in [-0.1, -0.05) is 0 Å². The van der Waals surface area contributed by atoms with Crippen molar-refractivity contribution in [3.8, 4) is 0 Å². The van der Waals surface area contributed by atoms with Gasteiger partial charge in [0.25, 0.3) is 0 Å². The number of ether oxygens (including phenoxy) is 1. The first-order chi connectivity index (χ1) is 7.76. The Morgan fingerprint density at radius 2 is 2.06 bits per heavy atom. The third-order valence-corrected chi connectivity index (χ3v) is 3.60. The first kappa shape index (κ1) is 12.6. The molecule has 0 aromatic carbocycles. The van der Waals surface area contributed by atoms with Gasteiger partial charge < -0.3 is 20.5 Å². The van der Waals surface area contributed by atoms with Crippen LogP contribution < -0.4 is 5.73 Å². The molecule has 1 amide bonds. The van der Waals surface area contributed by atoms with Crippen LogP contribution in [0.1, 0.15) is 40.0 Å². The van der Waals surface area contributed by atoms with E-state index in [1.807, 2.05) is 20.8 Å². The molecule has 1 saturated carbocycles. The fourth-order valence-corrected chi connectivity index (χ4v) is 2.52. The smallest absolute Gasteiger partial charge is 0.410 e. The third-order valence-electron chi connectivity index (χ3n) is 3.60. The highest BCUT2D eigenvalue weighted by Gasteiger charge is 2.59. The SMILES string of the molecule is CC(C)(C)OC(=O)N1CC[C@@H](O)[C@H](N)C12CC2. The van der Waals surface area contributed by atoms with Crippen LogP contribution in [0.25, 0.3) is 0 Å². The molecule has 5 nitrogen and oxygen atoms in total. The largest absolute Gasteiger partial charge is 0.444 e. The van der Waals surface area contributed by atoms with E-state index >= 15 is 0 Å². The first-order valence-electron chi connectivity index (χ1n) is 6.20. The molecule has 1 saturated heterocycles. The number of hydrogen-bond donors (Lipinski definition) is 2. The van der Waals surface area contributed by atoms with Gasteiger partial charge in [-0.25, -0.2) is 4.79 Å². The average molecular weight is 242 g/mol. The van der Waals surface area contributed by atoms with Gasteiger partial charge in [0.1, 0.15) is 5.60 Å². The maximum absolute atomic E-state index is 12.1. The molecule has 98 valence electrons. The molecule has 2 aliphatic rings. The molecule has 2 fully saturated rings. The Morgan fingerprint density at radius 3 is 2.53 bits per heavy atom. The van der Waals surface area contributed by atoms with Crippen molar-refractivity contribution in [2.45, 2.75) is 63.3 Å². The molecule has 17 heavy (non-hydrogen) atoms. The van der Waals surface area contributed by atoms with Crippen LogP contribution in [0.5, 0.6) is 0 Å². The standard InChI is InChI=1S/C12H22N2O3/c1-11(2,3)17-10(16)14-7-4-8(15)9(13)12(14)5-6-12/h8-9,15H,4-7,13H2,1-3H3/t8-,9+/m1/s1. The van der Waals surface area contributed by atoms with Crippen molar-refractivity contribution in [1.29, 1.82) is 0 Å². The molecule has 1 heterocycles. The lowest BCUT2D eigenvalue weighted by atomic mass is 9.92. The molecule has 0 aromatic rings. The molecule has 2 atom stereocenters. The van der Waals surface area contributed by atoms with E-state index in [0.29, 0.717) is 13.0 Å². The van der Waals surface area contributed by atoms with Crippen LogP contribution in [0.3, 0.4) is 0 Å². The highest BCUT2D eigenvalue weighted by Crippen LogP contribution is 2.48. The highest BCUT2D eigenvalue weighted by atomic mass is 16.6. The lowest BCUT2D eigenvalue weighted by Gasteiger charge is -2.43. The number of piperidine rings is 1. The van der Waals surface area contributed by atoms with Gasteiger partial charge in [-0.2, -0.15) is 0 Å². The molecule has 1 spiro atoms. The van der Waals surface area contributed by atoms with E-state index in [-0.39, 0.29) is 17.7 Å². The molecule has 2 rings (SSSR count). The van der Waals surface area contributed by atoms with Crippen molar-refractivity contribution in [1.82, 2.24) is 4.90 Å². The van der Waals surface area contributed by atoms with Crippen LogP contribution in [-0.2, 0) is 4.74 Å². The van der Waals surface area contributed by atoms with Gasteiger partial charge in [-0.05, 0) is 40.0 Å². The number of aliphatic hydroxyl groups excluding tert-OH is 1. The number of rotatable bonds is 0. The molecular formula is C12H22N2O3. The normalized spacial score (nSPS) is 31.5. The predicted molar refractivity (Wildman–Crippen MR) is 63.5 cm³/mol. The summed E-state index contributed by atoms with van der Waals surface area (Å²) in [7, 11) is 0. The maximum atomic E-state index is 12.1. The monoisotopic (exact) mass is 242 g/mol. The van der Waals surface area contributed by atoms with Gasteiger partial charge in [-0.15, -0.1) is 0 Å². The minimum Gasteiger partial charge on any atom is -0.444 e. The minimum absolute atomic E-state index is 0.308. The lowest BCUT2D eigenvalue weighted by Crippen LogP contribution is -2.62. The van der Waals surface area contributed by atoms with Gasteiger partial charge in [0, 0.05) is 6.54 Å². The number of nitrogens with zero attached hydrogens (tertiary/aromatic N) is 1. The zero-order valence-corrected chi connectivity index (χ0v) is 10.8. The predicted octanol–water partition coefficient (Wildman–Crippen LogP) is 0.848. The molecule has 0 bridgehead atoms. The van der Waals surface area contributed by atoms with Gasteiger partial charge in [0.2, 0.25) is 0 Å². The molecule has 0 unspecified atom stereocenters. The van der Waals surface area contributed by atoms with Gasteiger partial charge in [0.05, 0.1) is 17.7 Å². The quantitative estimate of drug-likeness (QED) is 0.660. The third kappa shape index (κ3) is 2.26. The van der Waals surface area contributed by atoms with Crippen LogP contribution in [0, 0.1) is 0 Å². The van der Waals surface area contributed by atoms with Crippen molar-refractivity contribution in [3.05, 3.63) is 0 Å². The first-order valence-corrected chi connectivity index (χ1v) is 6.20. The van der Waals surface area contributed by atoms with E-state index in [4.69, 9.17) is 10.5 Å². The number of hydrogen-bond acceptors (Lipinski definition) is 4. The summed E-state index contributed by atoms with van der Waals surface area (Å²) in [5, 5.41) is 9.78. The second kappa shape index (κ2) is 3.85. The maximum Gasteiger partial charge on any atom is 0.410 e. The topological polar surface area (TPSA) is 75.8 Å². The van der Waals surface area contributed by atoms with Gasteiger partial charge in [0.15, 0.2) is 0 Å². The molecule has 3 N–H and O–H groups in total. The van der Waals surface area contributed by atoms with E-state index in [1.54, 1.807) is 4.90 Å². The van der Waals surface area contributed by atoms with E-state index in [2.05, 4.69) is 0 Å². The summed E-state index contributed by atoms with van der Waals surface area (Å²) >= 11 is 0. The second-order valence-corrected chi connectivity index (χ2v) is 6.12. The Kier molecular flexibility index (Phi) is 2.86. The Bertz CT molecular complexity index is 320. The summed E-state index contributed by atoms with van der Waals surface area (Å²) in [4.78, 5) is 13.8. The van der Waals surface area contributed by atoms with Crippen LogP contribution >= 0.6 is 0 Å². The summed E-state index contributed by atoms with van der Waals surface area (Å²) < 4.78 is 5.39. The van der Waals surface area contributed by atoms with Crippen molar-refractivity contribution in [2.75, 3.05) is 6.54 Å². The Hall–Kier alpha value is -0.810. The summed E-state index contributed by atoms with van der Waals surface area (Å²) in [6, 6.07) is -0.344. The highest BCUT2D eigenvalue weighted by molar-refractivity contribution is 5.70. The summed E-state index contributed by atoms with van der Waals surface area (Å²) in [5.41, 5.74) is 5.17. The van der Waals surface area contributed by atoms with Gasteiger partial charge in [-0.3, -0.25) is 0 Å². The average Bonchev–Trinajstić information content (AvgIpc) is 2.93. The number of amides is 1. The van der Waals surface area contributed by atoms with E-state index < -0.39 is 11.7 Å². The number of carbonyl (C=O) groups is 1. The van der Waals surface area contributed by atoms with Crippen LogP contribution in [0.15, 0.2) is 0 Å². The Labute approximate surface area is 102 Å². The van der Waals surface area contributed by atoms with Crippen LogP contribution in [-0.4, -0.2) is 45.9 Å². The number of aliphatic hydroxyl groups is 1. The fraction of sp³-hybridized carbons (Fsp3) is 0.917. The molecule has 1 aliphatic carbocycles. The molecular weight excluding hydrogens is 220 g/mol. The van der Waals surface area contributed by atoms with E-state index in [1.165, 1.54) is 0 Å². The van der Waals surface area contributed by atoms with Crippen molar-refractivity contribution in [2.24, 2.45) is 5.73 Å². The Balaban J connectivity index is 2.09. The summed E-state index contributed by atoms with van der Waals surface area (Å²) in [6.45, 7) is 6.08. The zero-order valence-electron chi connectivity index (χ0n) is 10.8. The summed E-state index contributed by atoms with van der Waals surface area (Å²) in [5.74, 6) is 0. The van der Waals surface area contributed by atoms with Crippen molar-refractivity contribution >= 4 is 6.09 Å². The van der Waals surface area contributed by atoms with Gasteiger partial charge >= 0.3 is 6.09 Å². The summed E-state index contributed by atoms with van der Waals surface area (Å²) in [6.07, 6.45) is 1.45. The van der Waals surface area contributed by atoms with E-state index in [9.17, 15) is 9.90 Å². The van der Waals surface area contributed by atoms with Crippen LogP contribution in [0.2, 0.25) is 0 Å². The Morgan fingerprint density at radius 1 is 1.47 bits per heavy atom. The second-order valence-electron chi connectivity index (χ2n) is 6.12. The van der Waals surface area contributed by atoms with Crippen LogP contribution in [0.4, 0.5) is 4.79 Å². The van der Waals surface area contributed by atoms with E-state index in [0.717, 1.165) is 12.8 Å². The molecule has 1 aliphatic heterocycles. The zero-order chi connectivity index (χ0) is 12.8. The molecule has 0 radical (unpaired) electrons. The van der Waals surface area contributed by atoms with Crippen molar-refractivity contribution in [3.63, 3.8) is 0 Å². The number of likely N-dealkylation sites (tertiary alicyclic amines) is 1.